The third kappa shape index (κ3) is 5.68. The summed E-state index contributed by atoms with van der Waals surface area (Å²) < 4.78 is 5.34. The van der Waals surface area contributed by atoms with E-state index in [0.717, 1.165) is 16.9 Å². The van der Waals surface area contributed by atoms with Gasteiger partial charge in [-0.3, -0.25) is 10.1 Å². The first kappa shape index (κ1) is 21.1. The highest BCUT2D eigenvalue weighted by Crippen LogP contribution is 2.27. The Hall–Kier alpha value is -2.63. The highest BCUT2D eigenvalue weighted by atomic mass is 32.1. The number of thiophene rings is 1. The van der Waals surface area contributed by atoms with E-state index < -0.39 is 0 Å². The largest absolute Gasteiger partial charge is 0.496 e. The molecule has 2 aromatic carbocycles. The number of hydrogen-bond donors (Lipinski definition) is 2. The van der Waals surface area contributed by atoms with Crippen LogP contribution >= 0.6 is 11.3 Å². The smallest absolute Gasteiger partial charge is 0.234 e. The van der Waals surface area contributed by atoms with Crippen LogP contribution in [0, 0.1) is 0 Å². The molecule has 0 aliphatic heterocycles. The monoisotopic (exact) mass is 408 g/mol. The number of benzene rings is 2. The topological polar surface area (TPSA) is 50.4 Å². The second-order valence-electron chi connectivity index (χ2n) is 7.24. The molecular weight excluding hydrogens is 380 g/mol. The van der Waals surface area contributed by atoms with E-state index in [1.807, 2.05) is 30.3 Å². The van der Waals surface area contributed by atoms with Gasteiger partial charge in [0.15, 0.2) is 0 Å². The molecule has 3 aromatic rings. The molecule has 1 atom stereocenters. The van der Waals surface area contributed by atoms with E-state index in [0.29, 0.717) is 12.5 Å². The minimum Gasteiger partial charge on any atom is -0.496 e. The Bertz CT molecular complexity index is 905. The van der Waals surface area contributed by atoms with Crippen molar-refractivity contribution < 1.29 is 9.53 Å². The Morgan fingerprint density at radius 3 is 2.38 bits per heavy atom. The number of methoxy groups -OCH3 is 1. The van der Waals surface area contributed by atoms with Crippen LogP contribution in [0.2, 0.25) is 0 Å². The second-order valence-corrected chi connectivity index (χ2v) is 8.22. The quantitative estimate of drug-likeness (QED) is 0.531. The Kier molecular flexibility index (Phi) is 7.44. The molecule has 0 radical (unpaired) electrons. The molecule has 0 saturated heterocycles. The number of rotatable bonds is 9. The van der Waals surface area contributed by atoms with Crippen LogP contribution in [0.5, 0.6) is 5.75 Å². The van der Waals surface area contributed by atoms with Crippen molar-refractivity contribution in [2.24, 2.45) is 0 Å². The van der Waals surface area contributed by atoms with Gasteiger partial charge in [0.05, 0.1) is 19.7 Å². The Morgan fingerprint density at radius 2 is 1.72 bits per heavy atom. The maximum atomic E-state index is 12.5. The van der Waals surface area contributed by atoms with Crippen LogP contribution in [0.4, 0.5) is 0 Å². The third-order valence-corrected chi connectivity index (χ3v) is 5.84. The number of hydrogen-bond acceptors (Lipinski definition) is 4. The highest BCUT2D eigenvalue weighted by Gasteiger charge is 2.16. The minimum atomic E-state index is -0.0451. The number of amides is 1. The standard InChI is InChI=1S/C24H28N2O2S/c1-17(2)18-10-12-19(13-11-18)24(22-9-6-14-29-22)26-16-23(27)25-15-20-7-4-5-8-21(20)28-3/h4-14,17,24,26H,15-16H2,1-3H3,(H,25,27)/t24-/m1/s1. The molecule has 1 heterocycles. The van der Waals surface area contributed by atoms with E-state index >= 15 is 0 Å². The van der Waals surface area contributed by atoms with Crippen LogP contribution in [-0.4, -0.2) is 19.6 Å². The van der Waals surface area contributed by atoms with E-state index in [-0.39, 0.29) is 18.5 Å². The van der Waals surface area contributed by atoms with Gasteiger partial charge in [0, 0.05) is 17.0 Å². The van der Waals surface area contributed by atoms with Crippen molar-refractivity contribution >= 4 is 17.2 Å². The molecule has 152 valence electrons. The lowest BCUT2D eigenvalue weighted by Gasteiger charge is -2.19. The van der Waals surface area contributed by atoms with Gasteiger partial charge in [0.1, 0.15) is 5.75 Å². The molecule has 3 rings (SSSR count). The normalized spacial score (nSPS) is 12.0. The zero-order chi connectivity index (χ0) is 20.6. The molecular formula is C24H28N2O2S. The van der Waals surface area contributed by atoms with Crippen molar-refractivity contribution in [3.8, 4) is 5.75 Å². The third-order valence-electron chi connectivity index (χ3n) is 4.90. The van der Waals surface area contributed by atoms with Gasteiger partial charge in [-0.05, 0) is 34.6 Å². The average molecular weight is 409 g/mol. The number of nitrogens with one attached hydrogen (secondary N) is 2. The van der Waals surface area contributed by atoms with Crippen molar-refractivity contribution in [2.45, 2.75) is 32.4 Å². The molecule has 0 aliphatic carbocycles. The maximum absolute atomic E-state index is 12.5. The van der Waals surface area contributed by atoms with Crippen molar-refractivity contribution in [1.29, 1.82) is 0 Å². The summed E-state index contributed by atoms with van der Waals surface area (Å²) in [6.07, 6.45) is 0. The fourth-order valence-corrected chi connectivity index (χ4v) is 4.04. The Labute approximate surface area is 176 Å². The molecule has 5 heteroatoms. The fraction of sp³-hybridized carbons (Fsp3) is 0.292. The highest BCUT2D eigenvalue weighted by molar-refractivity contribution is 7.10. The molecule has 4 nitrogen and oxygen atoms in total. The van der Waals surface area contributed by atoms with E-state index in [1.54, 1.807) is 18.4 Å². The predicted octanol–water partition coefficient (Wildman–Crippen LogP) is 4.88. The first-order valence-electron chi connectivity index (χ1n) is 9.83. The van der Waals surface area contributed by atoms with Crippen molar-refractivity contribution in [2.75, 3.05) is 13.7 Å². The summed E-state index contributed by atoms with van der Waals surface area (Å²) in [5.41, 5.74) is 3.44. The van der Waals surface area contributed by atoms with Gasteiger partial charge >= 0.3 is 0 Å². The van der Waals surface area contributed by atoms with E-state index in [2.05, 4.69) is 60.2 Å². The molecule has 0 fully saturated rings. The van der Waals surface area contributed by atoms with Crippen molar-refractivity contribution in [1.82, 2.24) is 10.6 Å². The zero-order valence-corrected chi connectivity index (χ0v) is 18.0. The maximum Gasteiger partial charge on any atom is 0.234 e. The molecule has 1 aromatic heterocycles. The van der Waals surface area contributed by atoms with Gasteiger partial charge in [-0.25, -0.2) is 0 Å². The van der Waals surface area contributed by atoms with Gasteiger partial charge < -0.3 is 10.1 Å². The molecule has 1 amide bonds. The number of ether oxygens (including phenoxy) is 1. The van der Waals surface area contributed by atoms with E-state index in [1.165, 1.54) is 10.4 Å². The van der Waals surface area contributed by atoms with Crippen molar-refractivity contribution in [3.63, 3.8) is 0 Å². The summed E-state index contributed by atoms with van der Waals surface area (Å²) >= 11 is 1.69. The summed E-state index contributed by atoms with van der Waals surface area (Å²) in [7, 11) is 1.64. The molecule has 2 N–H and O–H groups in total. The fourth-order valence-electron chi connectivity index (χ4n) is 3.21. The number of para-hydroxylation sites is 1. The van der Waals surface area contributed by atoms with Crippen LogP contribution in [0.15, 0.2) is 66.0 Å². The van der Waals surface area contributed by atoms with Gasteiger partial charge in [-0.15, -0.1) is 11.3 Å². The van der Waals surface area contributed by atoms with E-state index in [9.17, 15) is 4.79 Å². The van der Waals surface area contributed by atoms with Crippen LogP contribution in [0.3, 0.4) is 0 Å². The average Bonchev–Trinajstić information content (AvgIpc) is 3.27. The Balaban J connectivity index is 1.63. The van der Waals surface area contributed by atoms with Crippen LogP contribution in [-0.2, 0) is 11.3 Å². The zero-order valence-electron chi connectivity index (χ0n) is 17.1. The molecule has 0 unspecified atom stereocenters. The van der Waals surface area contributed by atoms with Gasteiger partial charge in [-0.2, -0.15) is 0 Å². The number of carbonyl (C=O) groups is 1. The summed E-state index contributed by atoms with van der Waals surface area (Å²) in [5, 5.41) is 8.45. The van der Waals surface area contributed by atoms with E-state index in [4.69, 9.17) is 4.74 Å². The first-order chi connectivity index (χ1) is 14.1. The van der Waals surface area contributed by atoms with Gasteiger partial charge in [0.2, 0.25) is 5.91 Å². The summed E-state index contributed by atoms with van der Waals surface area (Å²) in [5.74, 6) is 1.23. The van der Waals surface area contributed by atoms with Gasteiger partial charge in [-0.1, -0.05) is 62.4 Å². The van der Waals surface area contributed by atoms with Gasteiger partial charge in [0.25, 0.3) is 0 Å². The first-order valence-corrected chi connectivity index (χ1v) is 10.7. The summed E-state index contributed by atoms with van der Waals surface area (Å²) in [4.78, 5) is 13.6. The van der Waals surface area contributed by atoms with Crippen LogP contribution in [0.1, 0.15) is 47.4 Å². The summed E-state index contributed by atoms with van der Waals surface area (Å²) in [6.45, 7) is 5.06. The van der Waals surface area contributed by atoms with Crippen LogP contribution in [0.25, 0.3) is 0 Å². The lowest BCUT2D eigenvalue weighted by molar-refractivity contribution is -0.120. The predicted molar refractivity (Wildman–Crippen MR) is 120 cm³/mol. The molecule has 0 aliphatic rings. The van der Waals surface area contributed by atoms with Crippen LogP contribution < -0.4 is 15.4 Å². The SMILES string of the molecule is COc1ccccc1CNC(=O)CN[C@H](c1ccc(C(C)C)cc1)c1cccs1. The molecule has 0 saturated carbocycles. The molecule has 0 bridgehead atoms. The molecule has 0 spiro atoms. The Morgan fingerprint density at radius 1 is 1.00 bits per heavy atom. The van der Waals surface area contributed by atoms with Crippen molar-refractivity contribution in [3.05, 3.63) is 87.6 Å². The minimum absolute atomic E-state index is 0.00627. The number of carbonyl (C=O) groups excluding carboxylic acids is 1. The summed E-state index contributed by atoms with van der Waals surface area (Å²) in [6, 6.07) is 20.5. The lowest BCUT2D eigenvalue weighted by Crippen LogP contribution is -2.35. The second kappa shape index (κ2) is 10.2. The molecule has 29 heavy (non-hydrogen) atoms. The lowest BCUT2D eigenvalue weighted by atomic mass is 9.98.